The van der Waals surface area contributed by atoms with E-state index in [9.17, 15) is 26.4 Å². The molecule has 0 N–H and O–H groups in total. The van der Waals surface area contributed by atoms with Gasteiger partial charge in [0.1, 0.15) is 17.5 Å². The molecule has 9 heteroatoms. The minimum absolute atomic E-state index is 0.0983. The molecule has 162 valence electrons. The van der Waals surface area contributed by atoms with Gasteiger partial charge in [-0.3, -0.25) is 4.79 Å². The average molecular weight is 456 g/mol. The fourth-order valence-corrected chi connectivity index (χ4v) is 3.93. The summed E-state index contributed by atoms with van der Waals surface area (Å²) in [5.41, 5.74) is 0.484. The molecule has 0 aliphatic carbocycles. The zero-order valence-corrected chi connectivity index (χ0v) is 17.4. The third-order valence-corrected chi connectivity index (χ3v) is 5.92. The van der Waals surface area contributed by atoms with Gasteiger partial charge < -0.3 is 0 Å². The maximum Gasteiger partial charge on any atom is 0.280 e. The molecule has 1 heterocycles. The Hall–Kier alpha value is -3.72. The molecule has 0 spiro atoms. The number of aromatic nitrogens is 2. The van der Waals surface area contributed by atoms with Crippen LogP contribution in [0.4, 0.5) is 13.2 Å². The molecule has 0 aliphatic rings. The maximum absolute atomic E-state index is 13.7. The summed E-state index contributed by atoms with van der Waals surface area (Å²) in [6.07, 6.45) is 2.41. The van der Waals surface area contributed by atoms with Gasteiger partial charge in [0.05, 0.1) is 22.3 Å². The molecule has 0 aliphatic heterocycles. The lowest BCUT2D eigenvalue weighted by Crippen LogP contribution is -2.23. The molecule has 0 bridgehead atoms. The Morgan fingerprint density at radius 3 is 1.91 bits per heavy atom. The summed E-state index contributed by atoms with van der Waals surface area (Å²) >= 11 is 0. The molecule has 0 amide bonds. The van der Waals surface area contributed by atoms with Crippen LogP contribution in [0, 0.1) is 17.5 Å². The van der Waals surface area contributed by atoms with Crippen molar-refractivity contribution in [1.29, 1.82) is 0 Å². The molecule has 32 heavy (non-hydrogen) atoms. The van der Waals surface area contributed by atoms with E-state index in [0.717, 1.165) is 23.1 Å². The monoisotopic (exact) mass is 456 g/mol. The van der Waals surface area contributed by atoms with Crippen molar-refractivity contribution in [1.82, 2.24) is 9.78 Å². The zero-order chi connectivity index (χ0) is 23.0. The molecule has 0 radical (unpaired) electrons. The summed E-state index contributed by atoms with van der Waals surface area (Å²) in [6.45, 7) is 0. The van der Waals surface area contributed by atoms with Crippen molar-refractivity contribution in [3.8, 4) is 27.9 Å². The molecular weight excluding hydrogens is 441 g/mol. The maximum atomic E-state index is 13.7. The molecule has 4 aromatic rings. The minimum atomic E-state index is -3.42. The van der Waals surface area contributed by atoms with Gasteiger partial charge in [0.2, 0.25) is 0 Å². The summed E-state index contributed by atoms with van der Waals surface area (Å²) in [5, 5.41) is 4.06. The Morgan fingerprint density at radius 1 is 0.781 bits per heavy atom. The molecule has 0 saturated heterocycles. The first-order chi connectivity index (χ1) is 15.1. The van der Waals surface area contributed by atoms with Gasteiger partial charge in [-0.05, 0) is 47.5 Å². The average Bonchev–Trinajstić information content (AvgIpc) is 2.73. The van der Waals surface area contributed by atoms with Crippen LogP contribution in [0.1, 0.15) is 0 Å². The van der Waals surface area contributed by atoms with Crippen LogP contribution >= 0.6 is 0 Å². The third-order valence-electron chi connectivity index (χ3n) is 4.80. The van der Waals surface area contributed by atoms with Crippen molar-refractivity contribution in [2.75, 3.05) is 6.26 Å². The standard InChI is InChI=1S/C23H15F3N2O3S/c1-32(30,31)20-8-4-14(5-9-20)21-13-27-28(19-11-17(25)10-18(26)12-19)23(29)22(21)15-2-6-16(24)7-3-15/h2-13H,1H3. The second-order valence-corrected chi connectivity index (χ2v) is 9.10. The van der Waals surface area contributed by atoms with Crippen molar-refractivity contribution < 1.29 is 21.6 Å². The minimum Gasteiger partial charge on any atom is -0.267 e. The number of sulfone groups is 1. The van der Waals surface area contributed by atoms with E-state index < -0.39 is 32.8 Å². The third kappa shape index (κ3) is 4.19. The van der Waals surface area contributed by atoms with E-state index in [1.165, 1.54) is 54.7 Å². The smallest absolute Gasteiger partial charge is 0.267 e. The Kier molecular flexibility index (Phi) is 5.43. The van der Waals surface area contributed by atoms with Crippen molar-refractivity contribution in [3.63, 3.8) is 0 Å². The lowest BCUT2D eigenvalue weighted by molar-refractivity contribution is 0.579. The Labute approximate surface area is 181 Å². The molecule has 0 fully saturated rings. The number of hydrogen-bond donors (Lipinski definition) is 0. The van der Waals surface area contributed by atoms with Crippen LogP contribution in [0.2, 0.25) is 0 Å². The van der Waals surface area contributed by atoms with E-state index >= 15 is 0 Å². The predicted octanol–water partition coefficient (Wildman–Crippen LogP) is 4.39. The first-order valence-corrected chi connectivity index (χ1v) is 11.2. The fraction of sp³-hybridized carbons (Fsp3) is 0.0435. The van der Waals surface area contributed by atoms with Gasteiger partial charge in [-0.25, -0.2) is 21.6 Å². The molecule has 0 unspecified atom stereocenters. The van der Waals surface area contributed by atoms with E-state index in [4.69, 9.17) is 0 Å². The summed E-state index contributed by atoms with van der Waals surface area (Å²) in [7, 11) is -3.42. The van der Waals surface area contributed by atoms with E-state index in [1.807, 2.05) is 0 Å². The molecule has 0 saturated carbocycles. The van der Waals surface area contributed by atoms with Gasteiger partial charge in [-0.1, -0.05) is 24.3 Å². The van der Waals surface area contributed by atoms with Crippen LogP contribution in [0.3, 0.4) is 0 Å². The first kappa shape index (κ1) is 21.5. The Balaban J connectivity index is 1.97. The van der Waals surface area contributed by atoms with Gasteiger partial charge in [0.15, 0.2) is 9.84 Å². The highest BCUT2D eigenvalue weighted by atomic mass is 32.2. The van der Waals surface area contributed by atoms with E-state index in [-0.39, 0.29) is 16.1 Å². The molecule has 3 aromatic carbocycles. The largest absolute Gasteiger partial charge is 0.280 e. The van der Waals surface area contributed by atoms with Crippen LogP contribution in [0.25, 0.3) is 27.9 Å². The van der Waals surface area contributed by atoms with Crippen molar-refractivity contribution in [2.45, 2.75) is 4.90 Å². The van der Waals surface area contributed by atoms with Gasteiger partial charge in [-0.15, -0.1) is 0 Å². The van der Waals surface area contributed by atoms with Crippen molar-refractivity contribution in [3.05, 3.63) is 101 Å². The normalized spacial score (nSPS) is 11.5. The van der Waals surface area contributed by atoms with E-state index in [1.54, 1.807) is 0 Å². The number of halogens is 3. The van der Waals surface area contributed by atoms with Crippen LogP contribution in [-0.4, -0.2) is 24.5 Å². The molecular formula is C23H15F3N2O3S. The molecule has 0 atom stereocenters. The lowest BCUT2D eigenvalue weighted by atomic mass is 9.97. The number of nitrogens with zero attached hydrogens (tertiary/aromatic N) is 2. The Bertz CT molecular complexity index is 1460. The molecule has 5 nitrogen and oxygen atoms in total. The Morgan fingerprint density at radius 2 is 1.34 bits per heavy atom. The number of hydrogen-bond acceptors (Lipinski definition) is 4. The van der Waals surface area contributed by atoms with Gasteiger partial charge >= 0.3 is 0 Å². The van der Waals surface area contributed by atoms with Crippen molar-refractivity contribution in [2.24, 2.45) is 0 Å². The number of benzene rings is 3. The quantitative estimate of drug-likeness (QED) is 0.457. The predicted molar refractivity (Wildman–Crippen MR) is 114 cm³/mol. The lowest BCUT2D eigenvalue weighted by Gasteiger charge is -2.13. The summed E-state index contributed by atoms with van der Waals surface area (Å²) < 4.78 is 65.3. The number of rotatable bonds is 4. The van der Waals surface area contributed by atoms with Crippen molar-refractivity contribution >= 4 is 9.84 Å². The van der Waals surface area contributed by atoms with E-state index in [0.29, 0.717) is 22.8 Å². The van der Waals surface area contributed by atoms with Crippen LogP contribution in [0.15, 0.2) is 82.6 Å². The van der Waals surface area contributed by atoms with Crippen LogP contribution in [0.5, 0.6) is 0 Å². The van der Waals surface area contributed by atoms with Gasteiger partial charge in [0, 0.05) is 17.9 Å². The fourth-order valence-electron chi connectivity index (χ4n) is 3.30. The summed E-state index contributed by atoms with van der Waals surface area (Å²) in [4.78, 5) is 13.5. The molecule has 1 aromatic heterocycles. The zero-order valence-electron chi connectivity index (χ0n) is 16.6. The molecule has 4 rings (SSSR count). The van der Waals surface area contributed by atoms with Gasteiger partial charge in [0.25, 0.3) is 5.56 Å². The highest BCUT2D eigenvalue weighted by molar-refractivity contribution is 7.90. The SMILES string of the molecule is CS(=O)(=O)c1ccc(-c2cnn(-c3cc(F)cc(F)c3)c(=O)c2-c2ccc(F)cc2)cc1. The second-order valence-electron chi connectivity index (χ2n) is 7.08. The summed E-state index contributed by atoms with van der Waals surface area (Å²) in [5.74, 6) is -2.26. The van der Waals surface area contributed by atoms with E-state index in [2.05, 4.69) is 5.10 Å². The van der Waals surface area contributed by atoms with Crippen LogP contribution < -0.4 is 5.56 Å². The first-order valence-electron chi connectivity index (χ1n) is 9.29. The van der Waals surface area contributed by atoms with Crippen LogP contribution in [-0.2, 0) is 9.84 Å². The highest BCUT2D eigenvalue weighted by Crippen LogP contribution is 2.30. The highest BCUT2D eigenvalue weighted by Gasteiger charge is 2.18. The van der Waals surface area contributed by atoms with Gasteiger partial charge in [-0.2, -0.15) is 9.78 Å². The second kappa shape index (κ2) is 8.08. The topological polar surface area (TPSA) is 69.0 Å². The summed E-state index contributed by atoms with van der Waals surface area (Å²) in [6, 6.07) is 13.6.